The molecule has 2 amide bonds. The van der Waals surface area contributed by atoms with Crippen LogP contribution in [0.1, 0.15) is 71.6 Å². The molecule has 5 heteroatoms. The third kappa shape index (κ3) is 4.36. The summed E-state index contributed by atoms with van der Waals surface area (Å²) in [6.45, 7) is 5.88. The first kappa shape index (κ1) is 18.7. The first-order valence-corrected chi connectivity index (χ1v) is 10.2. The third-order valence-corrected chi connectivity index (χ3v) is 6.77. The van der Waals surface area contributed by atoms with Crippen molar-refractivity contribution >= 4 is 11.8 Å². The van der Waals surface area contributed by atoms with Crippen molar-refractivity contribution in [1.82, 2.24) is 10.2 Å². The van der Waals surface area contributed by atoms with Crippen molar-refractivity contribution in [3.8, 4) is 0 Å². The highest BCUT2D eigenvalue weighted by molar-refractivity contribution is 5.80. The van der Waals surface area contributed by atoms with Crippen LogP contribution in [0.5, 0.6) is 0 Å². The molecule has 3 aliphatic rings. The van der Waals surface area contributed by atoms with E-state index in [-0.39, 0.29) is 35.2 Å². The Morgan fingerprint density at radius 2 is 1.60 bits per heavy atom. The van der Waals surface area contributed by atoms with Gasteiger partial charge >= 0.3 is 0 Å². The van der Waals surface area contributed by atoms with E-state index in [1.54, 1.807) is 0 Å². The van der Waals surface area contributed by atoms with Gasteiger partial charge in [0.25, 0.3) is 0 Å². The van der Waals surface area contributed by atoms with E-state index < -0.39 is 0 Å². The van der Waals surface area contributed by atoms with Crippen molar-refractivity contribution in [3.63, 3.8) is 0 Å². The number of carbonyl (C=O) groups excluding carboxylic acids is 2. The summed E-state index contributed by atoms with van der Waals surface area (Å²) in [5.41, 5.74) is 6.19. The molecule has 3 rings (SSSR count). The Labute approximate surface area is 152 Å². The molecule has 0 aromatic carbocycles. The maximum absolute atomic E-state index is 12.9. The lowest BCUT2D eigenvalue weighted by Crippen LogP contribution is -2.55. The van der Waals surface area contributed by atoms with Crippen LogP contribution in [0.2, 0.25) is 0 Å². The molecule has 1 atom stereocenters. The quantitative estimate of drug-likeness (QED) is 0.822. The monoisotopic (exact) mass is 349 g/mol. The summed E-state index contributed by atoms with van der Waals surface area (Å²) in [7, 11) is 0. The molecule has 0 radical (unpaired) electrons. The van der Waals surface area contributed by atoms with Gasteiger partial charge in [0.1, 0.15) is 0 Å². The molecule has 2 aliphatic carbocycles. The summed E-state index contributed by atoms with van der Waals surface area (Å²) < 4.78 is 0. The molecule has 0 aromatic heterocycles. The van der Waals surface area contributed by atoms with Crippen LogP contribution in [0.15, 0.2) is 0 Å². The Hall–Kier alpha value is -1.10. The van der Waals surface area contributed by atoms with Gasteiger partial charge in [0.05, 0.1) is 0 Å². The number of nitrogens with zero attached hydrogens (tertiary/aromatic N) is 1. The van der Waals surface area contributed by atoms with Crippen molar-refractivity contribution < 1.29 is 9.59 Å². The van der Waals surface area contributed by atoms with Crippen molar-refractivity contribution in [2.75, 3.05) is 13.1 Å². The standard InChI is InChI=1S/C20H35N3O2/c1-20(2)13-23(12-11-17(20)21)19(25)15-7-9-16(10-8-15)22-18(24)14-5-3-4-6-14/h14-17H,3-13,21H2,1-2H3,(H,22,24). The summed E-state index contributed by atoms with van der Waals surface area (Å²) in [6.07, 6.45) is 9.04. The molecule has 142 valence electrons. The lowest BCUT2D eigenvalue weighted by Gasteiger charge is -2.44. The maximum atomic E-state index is 12.9. The van der Waals surface area contributed by atoms with Gasteiger partial charge in [0, 0.05) is 37.0 Å². The third-order valence-electron chi connectivity index (χ3n) is 6.77. The first-order valence-electron chi connectivity index (χ1n) is 10.2. The van der Waals surface area contributed by atoms with E-state index in [0.29, 0.717) is 5.91 Å². The molecular weight excluding hydrogens is 314 g/mol. The number of likely N-dealkylation sites (tertiary alicyclic amines) is 1. The number of carbonyl (C=O) groups is 2. The molecule has 25 heavy (non-hydrogen) atoms. The van der Waals surface area contributed by atoms with Gasteiger partial charge in [0.15, 0.2) is 0 Å². The highest BCUT2D eigenvalue weighted by atomic mass is 16.2. The van der Waals surface area contributed by atoms with Gasteiger partial charge < -0.3 is 16.0 Å². The zero-order valence-corrected chi connectivity index (χ0v) is 15.9. The molecule has 2 saturated carbocycles. The van der Waals surface area contributed by atoms with E-state index in [9.17, 15) is 9.59 Å². The van der Waals surface area contributed by atoms with Gasteiger partial charge in [-0.25, -0.2) is 0 Å². The normalized spacial score (nSPS) is 33.2. The van der Waals surface area contributed by atoms with E-state index in [0.717, 1.165) is 58.0 Å². The maximum Gasteiger partial charge on any atom is 0.225 e. The number of amides is 2. The SMILES string of the molecule is CC1(C)CN(C(=O)C2CCC(NC(=O)C3CCCC3)CC2)CCC1N. The van der Waals surface area contributed by atoms with Crippen molar-refractivity contribution in [1.29, 1.82) is 0 Å². The van der Waals surface area contributed by atoms with E-state index in [1.807, 2.05) is 4.90 Å². The average molecular weight is 350 g/mol. The van der Waals surface area contributed by atoms with E-state index in [2.05, 4.69) is 19.2 Å². The van der Waals surface area contributed by atoms with Crippen molar-refractivity contribution in [2.45, 2.75) is 83.7 Å². The van der Waals surface area contributed by atoms with Crippen LogP contribution in [0.4, 0.5) is 0 Å². The number of piperidine rings is 1. The largest absolute Gasteiger partial charge is 0.353 e. The minimum Gasteiger partial charge on any atom is -0.353 e. The fourth-order valence-corrected chi connectivity index (χ4v) is 4.81. The van der Waals surface area contributed by atoms with Crippen molar-refractivity contribution in [2.24, 2.45) is 23.0 Å². The van der Waals surface area contributed by atoms with E-state index >= 15 is 0 Å². The Morgan fingerprint density at radius 1 is 0.960 bits per heavy atom. The lowest BCUT2D eigenvalue weighted by atomic mass is 9.78. The van der Waals surface area contributed by atoms with Gasteiger partial charge in [-0.3, -0.25) is 9.59 Å². The fourth-order valence-electron chi connectivity index (χ4n) is 4.81. The minimum absolute atomic E-state index is 0.000366. The molecule has 0 aromatic rings. The molecule has 0 spiro atoms. The van der Waals surface area contributed by atoms with Crippen molar-refractivity contribution in [3.05, 3.63) is 0 Å². The second kappa shape index (κ2) is 7.65. The zero-order valence-electron chi connectivity index (χ0n) is 15.9. The Morgan fingerprint density at radius 3 is 2.20 bits per heavy atom. The highest BCUT2D eigenvalue weighted by Crippen LogP contribution is 2.32. The first-order chi connectivity index (χ1) is 11.9. The average Bonchev–Trinajstić information content (AvgIpc) is 3.12. The highest BCUT2D eigenvalue weighted by Gasteiger charge is 2.38. The van der Waals surface area contributed by atoms with Gasteiger partial charge in [-0.05, 0) is 50.4 Å². The number of hydrogen-bond acceptors (Lipinski definition) is 3. The second-order valence-corrected chi connectivity index (χ2v) is 9.18. The van der Waals surface area contributed by atoms with Crippen LogP contribution in [0.3, 0.4) is 0 Å². The predicted molar refractivity (Wildman–Crippen MR) is 98.8 cm³/mol. The summed E-state index contributed by atoms with van der Waals surface area (Å²) >= 11 is 0. The van der Waals surface area contributed by atoms with Gasteiger partial charge in [-0.1, -0.05) is 26.7 Å². The van der Waals surface area contributed by atoms with Crippen LogP contribution < -0.4 is 11.1 Å². The zero-order chi connectivity index (χ0) is 18.0. The second-order valence-electron chi connectivity index (χ2n) is 9.18. The predicted octanol–water partition coefficient (Wildman–Crippen LogP) is 2.44. The lowest BCUT2D eigenvalue weighted by molar-refractivity contribution is -0.140. The molecule has 0 bridgehead atoms. The van der Waals surface area contributed by atoms with Crippen LogP contribution in [-0.2, 0) is 9.59 Å². The minimum atomic E-state index is 0.000366. The topological polar surface area (TPSA) is 75.4 Å². The molecule has 1 aliphatic heterocycles. The van der Waals surface area contributed by atoms with E-state index in [1.165, 1.54) is 12.8 Å². The number of hydrogen-bond donors (Lipinski definition) is 2. The summed E-state index contributed by atoms with van der Waals surface area (Å²) in [4.78, 5) is 27.2. The van der Waals surface area contributed by atoms with Crippen LogP contribution in [-0.4, -0.2) is 41.9 Å². The summed E-state index contributed by atoms with van der Waals surface area (Å²) in [5.74, 6) is 0.920. The summed E-state index contributed by atoms with van der Waals surface area (Å²) in [5, 5.41) is 3.24. The Balaban J connectivity index is 1.45. The van der Waals surface area contributed by atoms with Gasteiger partial charge in [-0.15, -0.1) is 0 Å². The van der Waals surface area contributed by atoms with Crippen LogP contribution in [0, 0.1) is 17.3 Å². The fraction of sp³-hybridized carbons (Fsp3) is 0.900. The molecule has 1 saturated heterocycles. The van der Waals surface area contributed by atoms with Gasteiger partial charge in [0.2, 0.25) is 11.8 Å². The van der Waals surface area contributed by atoms with Crippen LogP contribution in [0.25, 0.3) is 0 Å². The van der Waals surface area contributed by atoms with Gasteiger partial charge in [-0.2, -0.15) is 0 Å². The molecule has 5 nitrogen and oxygen atoms in total. The molecule has 3 fully saturated rings. The smallest absolute Gasteiger partial charge is 0.225 e. The number of nitrogens with two attached hydrogens (primary N) is 1. The molecule has 1 heterocycles. The Kier molecular flexibility index (Phi) is 5.71. The number of nitrogens with one attached hydrogen (secondary N) is 1. The summed E-state index contributed by atoms with van der Waals surface area (Å²) in [6, 6.07) is 0.446. The number of rotatable bonds is 3. The molecule has 1 unspecified atom stereocenters. The molecule has 3 N–H and O–H groups in total. The molecular formula is C20H35N3O2. The Bertz CT molecular complexity index is 491. The van der Waals surface area contributed by atoms with Crippen LogP contribution >= 0.6 is 0 Å². The van der Waals surface area contributed by atoms with E-state index in [4.69, 9.17) is 5.73 Å².